The molecule has 5 nitrogen and oxygen atoms in total. The molecule has 0 fully saturated rings. The molecule has 0 aliphatic heterocycles. The molecule has 0 bridgehead atoms. The van der Waals surface area contributed by atoms with Crippen LogP contribution in [0.1, 0.15) is 18.3 Å². The fourth-order valence-electron chi connectivity index (χ4n) is 1.06. The number of nitrogens with zero attached hydrogens (tertiary/aromatic N) is 4. The second-order valence-electron chi connectivity index (χ2n) is 2.99. The van der Waals surface area contributed by atoms with Gasteiger partial charge in [0.25, 0.3) is 0 Å². The van der Waals surface area contributed by atoms with Crippen LogP contribution in [0.25, 0.3) is 0 Å². The van der Waals surface area contributed by atoms with Crippen LogP contribution < -0.4 is 0 Å². The molecule has 0 saturated heterocycles. The van der Waals surface area contributed by atoms with Gasteiger partial charge in [0.2, 0.25) is 0 Å². The zero-order valence-electron chi connectivity index (χ0n) is 7.73. The molecule has 0 spiro atoms. The van der Waals surface area contributed by atoms with Crippen LogP contribution >= 0.6 is 0 Å². The fourth-order valence-corrected chi connectivity index (χ4v) is 1.06. The Balaban J connectivity index is 2.81. The largest absolute Gasteiger partial charge is 0.391 e. The molecule has 1 N–H and O–H groups in total. The highest BCUT2D eigenvalue weighted by Gasteiger charge is 2.08. The Morgan fingerprint density at radius 3 is 2.92 bits per heavy atom. The van der Waals surface area contributed by atoms with Gasteiger partial charge in [0, 0.05) is 0 Å². The maximum atomic E-state index is 9.12. The number of hydrogen-bond donors (Lipinski definition) is 1. The van der Waals surface area contributed by atoms with E-state index in [1.54, 1.807) is 11.6 Å². The summed E-state index contributed by atoms with van der Waals surface area (Å²) in [5.74, 6) is 0. The first kappa shape index (κ1) is 9.68. The quantitative estimate of drug-likeness (QED) is 0.712. The first-order chi connectivity index (χ1) is 6.15. The van der Waals surface area contributed by atoms with Gasteiger partial charge in [-0.15, -0.1) is 5.10 Å². The van der Waals surface area contributed by atoms with E-state index >= 15 is 0 Å². The summed E-state index contributed by atoms with van der Waals surface area (Å²) in [5, 5.41) is 25.2. The predicted octanol–water partition coefficient (Wildman–Crippen LogP) is 0.0334. The van der Waals surface area contributed by atoms with Gasteiger partial charge in [0.15, 0.2) is 0 Å². The summed E-state index contributed by atoms with van der Waals surface area (Å²) >= 11 is 0. The van der Waals surface area contributed by atoms with E-state index in [0.29, 0.717) is 12.2 Å². The number of rotatable bonds is 3. The lowest BCUT2D eigenvalue weighted by molar-refractivity contribution is 0.166. The third-order valence-electron chi connectivity index (χ3n) is 1.76. The van der Waals surface area contributed by atoms with Gasteiger partial charge < -0.3 is 5.11 Å². The van der Waals surface area contributed by atoms with E-state index in [1.807, 2.05) is 13.0 Å². The summed E-state index contributed by atoms with van der Waals surface area (Å²) in [6.45, 7) is 3.95. The van der Waals surface area contributed by atoms with Crippen LogP contribution in [0.3, 0.4) is 0 Å². The van der Waals surface area contributed by atoms with Gasteiger partial charge in [-0.1, -0.05) is 5.21 Å². The maximum Gasteiger partial charge on any atom is 0.0996 e. The molecule has 13 heavy (non-hydrogen) atoms. The molecule has 1 aromatic rings. The van der Waals surface area contributed by atoms with Crippen LogP contribution in [-0.2, 0) is 13.0 Å². The number of hydrogen-bond acceptors (Lipinski definition) is 4. The molecule has 1 unspecified atom stereocenters. The Hall–Kier alpha value is -1.41. The van der Waals surface area contributed by atoms with Gasteiger partial charge in [0.05, 0.1) is 36.5 Å². The standard InChI is InChI=1S/C8H12N4O/c1-6(13)5-12-7(2)8(3-4-9)10-11-12/h6,13H,3,5H2,1-2H3. The number of aromatic nitrogens is 3. The van der Waals surface area contributed by atoms with Crippen molar-refractivity contribution in [2.75, 3.05) is 0 Å². The van der Waals surface area contributed by atoms with Crippen LogP contribution in [0.2, 0.25) is 0 Å². The van der Waals surface area contributed by atoms with Crippen molar-refractivity contribution in [3.8, 4) is 6.07 Å². The average Bonchev–Trinajstić information content (AvgIpc) is 2.36. The molecule has 0 radical (unpaired) electrons. The molecule has 0 aliphatic carbocycles. The Morgan fingerprint density at radius 2 is 2.38 bits per heavy atom. The molecular weight excluding hydrogens is 168 g/mol. The lowest BCUT2D eigenvalue weighted by atomic mass is 10.3. The van der Waals surface area contributed by atoms with E-state index in [9.17, 15) is 0 Å². The molecule has 70 valence electrons. The maximum absolute atomic E-state index is 9.12. The van der Waals surface area contributed by atoms with Crippen molar-refractivity contribution in [3.05, 3.63) is 11.4 Å². The SMILES string of the molecule is Cc1c(CC#N)nnn1CC(C)O. The van der Waals surface area contributed by atoms with Crippen molar-refractivity contribution in [2.24, 2.45) is 0 Å². The number of nitriles is 1. The highest BCUT2D eigenvalue weighted by molar-refractivity contribution is 5.12. The molecule has 1 atom stereocenters. The summed E-state index contributed by atoms with van der Waals surface area (Å²) in [4.78, 5) is 0. The lowest BCUT2D eigenvalue weighted by Gasteiger charge is -2.04. The van der Waals surface area contributed by atoms with E-state index in [1.165, 1.54) is 0 Å². The highest BCUT2D eigenvalue weighted by atomic mass is 16.3. The van der Waals surface area contributed by atoms with Crippen molar-refractivity contribution in [1.29, 1.82) is 5.26 Å². The second kappa shape index (κ2) is 4.01. The summed E-state index contributed by atoms with van der Waals surface area (Å²) < 4.78 is 1.61. The topological polar surface area (TPSA) is 74.7 Å². The molecule has 5 heteroatoms. The van der Waals surface area contributed by atoms with Crippen molar-refractivity contribution in [3.63, 3.8) is 0 Å². The average molecular weight is 180 g/mol. The van der Waals surface area contributed by atoms with Gasteiger partial charge in [-0.3, -0.25) is 0 Å². The summed E-state index contributed by atoms with van der Waals surface area (Å²) in [6.07, 6.45) is -0.179. The predicted molar refractivity (Wildman–Crippen MR) is 45.8 cm³/mol. The summed E-state index contributed by atoms with van der Waals surface area (Å²) in [7, 11) is 0. The lowest BCUT2D eigenvalue weighted by Crippen LogP contribution is -2.14. The molecule has 0 saturated carbocycles. The Bertz CT molecular complexity index is 323. The molecule has 1 rings (SSSR count). The van der Waals surface area contributed by atoms with Gasteiger partial charge in [-0.2, -0.15) is 5.26 Å². The monoisotopic (exact) mass is 180 g/mol. The van der Waals surface area contributed by atoms with E-state index in [0.717, 1.165) is 5.69 Å². The Morgan fingerprint density at radius 1 is 1.69 bits per heavy atom. The van der Waals surface area contributed by atoms with E-state index in [4.69, 9.17) is 10.4 Å². The molecule has 0 amide bonds. The van der Waals surface area contributed by atoms with E-state index < -0.39 is 6.10 Å². The normalized spacial score (nSPS) is 12.5. The molecule has 1 aromatic heterocycles. The number of aliphatic hydroxyl groups is 1. The van der Waals surface area contributed by atoms with Crippen LogP contribution in [-0.4, -0.2) is 26.2 Å². The van der Waals surface area contributed by atoms with Gasteiger partial charge in [-0.25, -0.2) is 4.68 Å². The van der Waals surface area contributed by atoms with Crippen molar-refractivity contribution in [1.82, 2.24) is 15.0 Å². The minimum atomic E-state index is -0.449. The second-order valence-corrected chi connectivity index (χ2v) is 2.99. The van der Waals surface area contributed by atoms with Crippen molar-refractivity contribution >= 4 is 0 Å². The first-order valence-electron chi connectivity index (χ1n) is 4.09. The zero-order chi connectivity index (χ0) is 9.84. The zero-order valence-corrected chi connectivity index (χ0v) is 7.73. The van der Waals surface area contributed by atoms with Crippen LogP contribution in [0.4, 0.5) is 0 Å². The Kier molecular flexibility index (Phi) is 2.98. The number of aliphatic hydroxyl groups excluding tert-OH is 1. The van der Waals surface area contributed by atoms with E-state index in [-0.39, 0.29) is 6.42 Å². The highest BCUT2D eigenvalue weighted by Crippen LogP contribution is 2.04. The summed E-state index contributed by atoms with van der Waals surface area (Å²) in [6, 6.07) is 2.01. The van der Waals surface area contributed by atoms with Gasteiger partial charge in [0.1, 0.15) is 0 Å². The van der Waals surface area contributed by atoms with E-state index in [2.05, 4.69) is 10.3 Å². The first-order valence-corrected chi connectivity index (χ1v) is 4.09. The minimum absolute atomic E-state index is 0.269. The fraction of sp³-hybridized carbons (Fsp3) is 0.625. The molecule has 0 aliphatic rings. The van der Waals surface area contributed by atoms with Crippen LogP contribution in [0.5, 0.6) is 0 Å². The van der Waals surface area contributed by atoms with Crippen molar-refractivity contribution < 1.29 is 5.11 Å². The molecular formula is C8H12N4O. The van der Waals surface area contributed by atoms with Crippen molar-refractivity contribution in [2.45, 2.75) is 32.9 Å². The minimum Gasteiger partial charge on any atom is -0.391 e. The van der Waals surface area contributed by atoms with Gasteiger partial charge >= 0.3 is 0 Å². The third-order valence-corrected chi connectivity index (χ3v) is 1.76. The molecule has 1 heterocycles. The van der Waals surface area contributed by atoms with Crippen LogP contribution in [0.15, 0.2) is 0 Å². The van der Waals surface area contributed by atoms with Gasteiger partial charge in [-0.05, 0) is 13.8 Å². The molecule has 0 aromatic carbocycles. The van der Waals surface area contributed by atoms with Crippen LogP contribution in [0, 0.1) is 18.3 Å². The third kappa shape index (κ3) is 2.26. The summed E-state index contributed by atoms with van der Waals surface area (Å²) in [5.41, 5.74) is 1.53. The smallest absolute Gasteiger partial charge is 0.0996 e. The Labute approximate surface area is 76.6 Å².